The van der Waals surface area contributed by atoms with Crippen molar-refractivity contribution in [3.63, 3.8) is 0 Å². The van der Waals surface area contributed by atoms with Crippen LogP contribution in [0.25, 0.3) is 0 Å². The Morgan fingerprint density at radius 3 is 2.62 bits per heavy atom. The molecule has 1 rings (SSSR count). The molecule has 1 atom stereocenters. The van der Waals surface area contributed by atoms with E-state index < -0.39 is 0 Å². The first-order valence-corrected chi connectivity index (χ1v) is 5.48. The number of nitrogens with zero attached hydrogens (tertiary/aromatic N) is 1. The van der Waals surface area contributed by atoms with Gasteiger partial charge in [-0.1, -0.05) is 13.3 Å². The molecule has 0 saturated carbocycles. The molecule has 1 N–H and O–H groups in total. The highest BCUT2D eigenvalue weighted by Crippen LogP contribution is 2.33. The second kappa shape index (κ2) is 4.43. The Morgan fingerprint density at radius 2 is 2.15 bits per heavy atom. The zero-order valence-corrected chi connectivity index (χ0v) is 9.21. The number of hydrogen-bond donors (Lipinski definition) is 1. The van der Waals surface area contributed by atoms with E-state index in [4.69, 9.17) is 0 Å². The first kappa shape index (κ1) is 11.0. The summed E-state index contributed by atoms with van der Waals surface area (Å²) in [5.41, 5.74) is 0.212. The Bertz CT molecular complexity index is 156. The van der Waals surface area contributed by atoms with Crippen LogP contribution in [0.4, 0.5) is 0 Å². The summed E-state index contributed by atoms with van der Waals surface area (Å²) in [5, 5.41) is 9.22. The molecule has 1 saturated heterocycles. The fraction of sp³-hybridized carbons (Fsp3) is 1.00. The molecule has 13 heavy (non-hydrogen) atoms. The molecule has 0 radical (unpaired) electrons. The van der Waals surface area contributed by atoms with Crippen molar-refractivity contribution in [3.8, 4) is 0 Å². The largest absolute Gasteiger partial charge is 0.396 e. The maximum atomic E-state index is 9.22. The predicted octanol–water partition coefficient (Wildman–Crippen LogP) is 1.88. The second-order valence-corrected chi connectivity index (χ2v) is 4.66. The summed E-state index contributed by atoms with van der Waals surface area (Å²) in [6.45, 7) is 9.45. The zero-order chi connectivity index (χ0) is 9.90. The van der Waals surface area contributed by atoms with Crippen molar-refractivity contribution in [2.45, 2.75) is 45.6 Å². The molecule has 1 fully saturated rings. The van der Waals surface area contributed by atoms with Crippen LogP contribution in [0.5, 0.6) is 0 Å². The van der Waals surface area contributed by atoms with Gasteiger partial charge >= 0.3 is 0 Å². The highest BCUT2D eigenvalue weighted by atomic mass is 16.3. The molecule has 2 nitrogen and oxygen atoms in total. The lowest BCUT2D eigenvalue weighted by molar-refractivity contribution is 0.0990. The predicted molar refractivity (Wildman–Crippen MR) is 55.8 cm³/mol. The molecular weight excluding hydrogens is 162 g/mol. The Kier molecular flexibility index (Phi) is 3.74. The molecule has 0 aliphatic carbocycles. The molecular formula is C11H23NO. The molecule has 1 heterocycles. The average Bonchev–Trinajstić information content (AvgIpc) is 2.37. The SMILES string of the molecule is CCCCN1CCC(CO)C1(C)C. The van der Waals surface area contributed by atoms with E-state index in [0.717, 1.165) is 13.0 Å². The van der Waals surface area contributed by atoms with Crippen molar-refractivity contribution in [1.29, 1.82) is 0 Å². The van der Waals surface area contributed by atoms with Gasteiger partial charge in [-0.3, -0.25) is 4.90 Å². The van der Waals surface area contributed by atoms with Gasteiger partial charge in [-0.2, -0.15) is 0 Å². The Balaban J connectivity index is 2.48. The van der Waals surface area contributed by atoms with Crippen LogP contribution in [0.15, 0.2) is 0 Å². The minimum absolute atomic E-state index is 0.212. The Labute approximate surface area is 81.9 Å². The normalized spacial score (nSPS) is 28.2. The van der Waals surface area contributed by atoms with E-state index in [1.54, 1.807) is 0 Å². The van der Waals surface area contributed by atoms with Gasteiger partial charge in [-0.15, -0.1) is 0 Å². The molecule has 0 bridgehead atoms. The Morgan fingerprint density at radius 1 is 1.46 bits per heavy atom. The van der Waals surface area contributed by atoms with Crippen LogP contribution < -0.4 is 0 Å². The number of unbranched alkanes of at least 4 members (excludes halogenated alkanes) is 1. The van der Waals surface area contributed by atoms with E-state index >= 15 is 0 Å². The molecule has 0 spiro atoms. The van der Waals surface area contributed by atoms with Crippen LogP contribution in [0.1, 0.15) is 40.0 Å². The van der Waals surface area contributed by atoms with Crippen molar-refractivity contribution in [2.75, 3.05) is 19.7 Å². The van der Waals surface area contributed by atoms with Crippen molar-refractivity contribution in [3.05, 3.63) is 0 Å². The lowest BCUT2D eigenvalue weighted by Gasteiger charge is -2.35. The third kappa shape index (κ3) is 2.23. The van der Waals surface area contributed by atoms with Crippen LogP contribution >= 0.6 is 0 Å². The minimum atomic E-state index is 0.212. The standard InChI is InChI=1S/C11H23NO/c1-4-5-7-12-8-6-10(9-13)11(12,2)3/h10,13H,4-9H2,1-3H3. The first-order valence-electron chi connectivity index (χ1n) is 5.48. The zero-order valence-electron chi connectivity index (χ0n) is 9.21. The van der Waals surface area contributed by atoms with Gasteiger partial charge in [0.2, 0.25) is 0 Å². The summed E-state index contributed by atoms with van der Waals surface area (Å²) in [4.78, 5) is 2.53. The molecule has 0 aromatic rings. The molecule has 2 heteroatoms. The van der Waals surface area contributed by atoms with Gasteiger partial charge in [-0.25, -0.2) is 0 Å². The summed E-state index contributed by atoms with van der Waals surface area (Å²) in [7, 11) is 0. The molecule has 1 aliphatic rings. The molecule has 1 unspecified atom stereocenters. The molecule has 0 amide bonds. The minimum Gasteiger partial charge on any atom is -0.396 e. The average molecular weight is 185 g/mol. The van der Waals surface area contributed by atoms with E-state index in [-0.39, 0.29) is 5.54 Å². The fourth-order valence-corrected chi connectivity index (χ4v) is 2.27. The number of aliphatic hydroxyl groups excluding tert-OH is 1. The van der Waals surface area contributed by atoms with Gasteiger partial charge in [0.1, 0.15) is 0 Å². The van der Waals surface area contributed by atoms with Crippen LogP contribution in [-0.4, -0.2) is 35.2 Å². The number of aliphatic hydroxyl groups is 1. The monoisotopic (exact) mass is 185 g/mol. The molecule has 0 aromatic carbocycles. The summed E-state index contributed by atoms with van der Waals surface area (Å²) >= 11 is 0. The number of likely N-dealkylation sites (tertiary alicyclic amines) is 1. The maximum Gasteiger partial charge on any atom is 0.0477 e. The third-order valence-corrected chi connectivity index (χ3v) is 3.56. The summed E-state index contributed by atoms with van der Waals surface area (Å²) in [5.74, 6) is 0.476. The summed E-state index contributed by atoms with van der Waals surface area (Å²) in [6.07, 6.45) is 3.70. The van der Waals surface area contributed by atoms with Gasteiger partial charge in [0.25, 0.3) is 0 Å². The van der Waals surface area contributed by atoms with E-state index in [1.165, 1.54) is 19.4 Å². The highest BCUT2D eigenvalue weighted by molar-refractivity contribution is 4.94. The van der Waals surface area contributed by atoms with Crippen molar-refractivity contribution in [1.82, 2.24) is 4.90 Å². The van der Waals surface area contributed by atoms with Crippen LogP contribution in [-0.2, 0) is 0 Å². The van der Waals surface area contributed by atoms with Gasteiger partial charge < -0.3 is 5.11 Å². The van der Waals surface area contributed by atoms with Gasteiger partial charge in [0.05, 0.1) is 0 Å². The van der Waals surface area contributed by atoms with Crippen LogP contribution in [0.3, 0.4) is 0 Å². The lowest BCUT2D eigenvalue weighted by Crippen LogP contribution is -2.43. The van der Waals surface area contributed by atoms with E-state index in [0.29, 0.717) is 12.5 Å². The van der Waals surface area contributed by atoms with Crippen molar-refractivity contribution >= 4 is 0 Å². The third-order valence-electron chi connectivity index (χ3n) is 3.56. The maximum absolute atomic E-state index is 9.22. The smallest absolute Gasteiger partial charge is 0.0477 e. The fourth-order valence-electron chi connectivity index (χ4n) is 2.27. The summed E-state index contributed by atoms with van der Waals surface area (Å²) in [6, 6.07) is 0. The molecule has 0 aromatic heterocycles. The van der Waals surface area contributed by atoms with Gasteiger partial charge in [0, 0.05) is 18.1 Å². The van der Waals surface area contributed by atoms with Gasteiger partial charge in [-0.05, 0) is 39.8 Å². The highest BCUT2D eigenvalue weighted by Gasteiger charge is 2.39. The first-order chi connectivity index (χ1) is 6.12. The van der Waals surface area contributed by atoms with Crippen molar-refractivity contribution in [2.24, 2.45) is 5.92 Å². The number of rotatable bonds is 4. The second-order valence-electron chi connectivity index (χ2n) is 4.66. The molecule has 1 aliphatic heterocycles. The van der Waals surface area contributed by atoms with Crippen molar-refractivity contribution < 1.29 is 5.11 Å². The Hall–Kier alpha value is -0.0800. The number of hydrogen-bond acceptors (Lipinski definition) is 2. The van der Waals surface area contributed by atoms with Crippen LogP contribution in [0, 0.1) is 5.92 Å². The lowest BCUT2D eigenvalue weighted by atomic mass is 9.89. The van der Waals surface area contributed by atoms with E-state index in [9.17, 15) is 5.11 Å². The molecule has 78 valence electrons. The van der Waals surface area contributed by atoms with Gasteiger partial charge in [0.15, 0.2) is 0 Å². The topological polar surface area (TPSA) is 23.5 Å². The summed E-state index contributed by atoms with van der Waals surface area (Å²) < 4.78 is 0. The van der Waals surface area contributed by atoms with E-state index in [2.05, 4.69) is 25.7 Å². The van der Waals surface area contributed by atoms with E-state index in [1.807, 2.05) is 0 Å². The van der Waals surface area contributed by atoms with Crippen LogP contribution in [0.2, 0.25) is 0 Å². The quantitative estimate of drug-likeness (QED) is 0.723.